The van der Waals surface area contributed by atoms with E-state index in [1.807, 2.05) is 0 Å². The molecule has 1 rings (SSSR count). The molecular weight excluding hydrogens is 248 g/mol. The first-order valence-corrected chi connectivity index (χ1v) is 8.87. The average molecular weight is 284 g/mol. The summed E-state index contributed by atoms with van der Waals surface area (Å²) < 4.78 is 13.7. The summed E-state index contributed by atoms with van der Waals surface area (Å²) in [7, 11) is 0. The maximum atomic E-state index is 6.93. The summed E-state index contributed by atoms with van der Waals surface area (Å²) in [5, 5.41) is 0. The zero-order chi connectivity index (χ0) is 15.4. The van der Waals surface area contributed by atoms with Gasteiger partial charge in [0.2, 0.25) is 0 Å². The molecule has 1 heterocycles. The van der Waals surface area contributed by atoms with Crippen molar-refractivity contribution in [3.63, 3.8) is 0 Å². The maximum Gasteiger partial charge on any atom is 0.0974 e. The van der Waals surface area contributed by atoms with E-state index in [4.69, 9.17) is 9.47 Å². The molecule has 1 fully saturated rings. The van der Waals surface area contributed by atoms with Crippen LogP contribution in [-0.2, 0) is 9.47 Å². The van der Waals surface area contributed by atoms with E-state index in [0.29, 0.717) is 0 Å². The molecule has 0 amide bonds. The Hall–Kier alpha value is -0.0800. The van der Waals surface area contributed by atoms with Crippen molar-refractivity contribution in [1.82, 2.24) is 0 Å². The Labute approximate surface area is 126 Å². The van der Waals surface area contributed by atoms with E-state index in [1.165, 1.54) is 0 Å². The quantitative estimate of drug-likeness (QED) is 0.615. The molecule has 1 aliphatic rings. The Bertz CT molecular complexity index is 286. The summed E-state index contributed by atoms with van der Waals surface area (Å²) in [6.45, 7) is 15.8. The van der Waals surface area contributed by atoms with Crippen LogP contribution >= 0.6 is 0 Å². The van der Waals surface area contributed by atoms with Gasteiger partial charge in [-0.25, -0.2) is 0 Å². The first-order chi connectivity index (χ1) is 9.49. The van der Waals surface area contributed by atoms with Crippen LogP contribution in [0.25, 0.3) is 0 Å². The molecule has 0 aliphatic carbocycles. The van der Waals surface area contributed by atoms with Crippen molar-refractivity contribution in [2.45, 2.75) is 116 Å². The third-order valence-corrected chi connectivity index (χ3v) is 6.04. The van der Waals surface area contributed by atoms with E-state index in [2.05, 4.69) is 48.5 Å². The lowest BCUT2D eigenvalue weighted by Gasteiger charge is -2.61. The molecule has 0 aromatic rings. The van der Waals surface area contributed by atoms with Crippen LogP contribution in [0, 0.1) is 0 Å². The largest absolute Gasteiger partial charge is 0.366 e. The van der Waals surface area contributed by atoms with Crippen LogP contribution in [0.5, 0.6) is 0 Å². The predicted molar refractivity (Wildman–Crippen MR) is 86.2 cm³/mol. The highest BCUT2D eigenvalue weighted by molar-refractivity contribution is 5.08. The minimum absolute atomic E-state index is 0.103. The van der Waals surface area contributed by atoms with Gasteiger partial charge in [-0.15, -0.1) is 0 Å². The van der Waals surface area contributed by atoms with Gasteiger partial charge in [-0.2, -0.15) is 0 Å². The third-order valence-electron chi connectivity index (χ3n) is 6.04. The van der Waals surface area contributed by atoms with Crippen LogP contribution in [0.4, 0.5) is 0 Å². The van der Waals surface area contributed by atoms with Gasteiger partial charge in [-0.05, 0) is 44.9 Å². The van der Waals surface area contributed by atoms with Gasteiger partial charge in [0.05, 0.1) is 22.9 Å². The van der Waals surface area contributed by atoms with Crippen molar-refractivity contribution in [3.8, 4) is 0 Å². The van der Waals surface area contributed by atoms with Gasteiger partial charge in [-0.1, -0.05) is 48.5 Å². The van der Waals surface area contributed by atoms with Crippen LogP contribution in [-0.4, -0.2) is 22.9 Å². The Balaban J connectivity index is 3.32. The minimum atomic E-state index is -0.131. The second kappa shape index (κ2) is 6.79. The summed E-state index contributed by atoms with van der Waals surface area (Å²) >= 11 is 0. The van der Waals surface area contributed by atoms with Gasteiger partial charge in [0.1, 0.15) is 0 Å². The molecule has 0 N–H and O–H groups in total. The maximum absolute atomic E-state index is 6.93. The predicted octanol–water partition coefficient (Wildman–Crippen LogP) is 5.49. The fourth-order valence-electron chi connectivity index (χ4n) is 4.44. The summed E-state index contributed by atoms with van der Waals surface area (Å²) in [6, 6.07) is 0. The molecule has 120 valence electrons. The molecule has 0 aromatic heterocycles. The van der Waals surface area contributed by atoms with Crippen molar-refractivity contribution in [3.05, 3.63) is 0 Å². The Morgan fingerprint density at radius 1 is 0.650 bits per heavy atom. The molecule has 0 radical (unpaired) electrons. The van der Waals surface area contributed by atoms with Crippen molar-refractivity contribution >= 4 is 0 Å². The van der Waals surface area contributed by atoms with E-state index in [-0.39, 0.29) is 22.9 Å². The lowest BCUT2D eigenvalue weighted by molar-refractivity contribution is -0.360. The molecule has 0 saturated carbocycles. The second-order valence-electron chi connectivity index (χ2n) is 6.29. The molecule has 0 spiro atoms. The highest BCUT2D eigenvalue weighted by Gasteiger charge is 2.59. The fourth-order valence-corrected chi connectivity index (χ4v) is 4.44. The molecule has 2 heteroatoms. The standard InChI is InChI=1S/C18H36O2/c1-8-15-16(9-2,10-3)20-18(13-6,14-7)17(11-4,12-5)19-15/h15H,8-14H2,1-7H3. The molecule has 0 aromatic carbocycles. The first kappa shape index (κ1) is 18.0. The van der Waals surface area contributed by atoms with Gasteiger partial charge >= 0.3 is 0 Å². The summed E-state index contributed by atoms with van der Waals surface area (Å²) in [5.74, 6) is 0. The van der Waals surface area contributed by atoms with E-state index in [9.17, 15) is 0 Å². The topological polar surface area (TPSA) is 18.5 Å². The second-order valence-corrected chi connectivity index (χ2v) is 6.29. The van der Waals surface area contributed by atoms with Crippen LogP contribution < -0.4 is 0 Å². The Morgan fingerprint density at radius 3 is 1.40 bits per heavy atom. The summed E-state index contributed by atoms with van der Waals surface area (Å²) in [6.07, 6.45) is 7.46. The molecule has 1 saturated heterocycles. The molecule has 2 nitrogen and oxygen atoms in total. The van der Waals surface area contributed by atoms with Gasteiger partial charge in [-0.3, -0.25) is 0 Å². The number of rotatable bonds is 7. The van der Waals surface area contributed by atoms with E-state index in [0.717, 1.165) is 44.9 Å². The van der Waals surface area contributed by atoms with Gasteiger partial charge < -0.3 is 9.47 Å². The Kier molecular flexibility index (Phi) is 6.10. The highest BCUT2D eigenvalue weighted by Crippen LogP contribution is 2.52. The van der Waals surface area contributed by atoms with Crippen LogP contribution in [0.1, 0.15) is 93.4 Å². The first-order valence-electron chi connectivity index (χ1n) is 8.87. The van der Waals surface area contributed by atoms with E-state index < -0.39 is 0 Å². The fraction of sp³-hybridized carbons (Fsp3) is 1.00. The zero-order valence-corrected chi connectivity index (χ0v) is 14.8. The normalized spacial score (nSPS) is 27.4. The SMILES string of the molecule is CCC1OC(CC)(CC)C(CC)(CC)OC1(CC)CC. The highest BCUT2D eigenvalue weighted by atomic mass is 16.6. The molecule has 1 atom stereocenters. The van der Waals surface area contributed by atoms with Gasteiger partial charge in [0.15, 0.2) is 0 Å². The molecule has 1 aliphatic heterocycles. The van der Waals surface area contributed by atoms with E-state index in [1.54, 1.807) is 0 Å². The lowest BCUT2D eigenvalue weighted by Crippen LogP contribution is -2.69. The zero-order valence-electron chi connectivity index (χ0n) is 14.8. The minimum Gasteiger partial charge on any atom is -0.366 e. The van der Waals surface area contributed by atoms with Crippen molar-refractivity contribution in [2.75, 3.05) is 0 Å². The number of ether oxygens (including phenoxy) is 2. The molecule has 1 unspecified atom stereocenters. The third kappa shape index (κ3) is 2.43. The Morgan fingerprint density at radius 2 is 1.10 bits per heavy atom. The van der Waals surface area contributed by atoms with Crippen LogP contribution in [0.3, 0.4) is 0 Å². The lowest BCUT2D eigenvalue weighted by atomic mass is 9.71. The van der Waals surface area contributed by atoms with Crippen LogP contribution in [0.15, 0.2) is 0 Å². The average Bonchev–Trinajstić information content (AvgIpc) is 2.53. The van der Waals surface area contributed by atoms with Crippen LogP contribution in [0.2, 0.25) is 0 Å². The number of hydrogen-bond acceptors (Lipinski definition) is 2. The van der Waals surface area contributed by atoms with Crippen molar-refractivity contribution in [1.29, 1.82) is 0 Å². The number of hydrogen-bond donors (Lipinski definition) is 0. The summed E-state index contributed by atoms with van der Waals surface area (Å²) in [4.78, 5) is 0. The summed E-state index contributed by atoms with van der Waals surface area (Å²) in [5.41, 5.74) is -0.353. The smallest absolute Gasteiger partial charge is 0.0974 e. The monoisotopic (exact) mass is 284 g/mol. The van der Waals surface area contributed by atoms with Crippen molar-refractivity contribution < 1.29 is 9.47 Å². The molecular formula is C18H36O2. The van der Waals surface area contributed by atoms with E-state index >= 15 is 0 Å². The molecule has 20 heavy (non-hydrogen) atoms. The van der Waals surface area contributed by atoms with Crippen molar-refractivity contribution in [2.24, 2.45) is 0 Å². The van der Waals surface area contributed by atoms with Gasteiger partial charge in [0.25, 0.3) is 0 Å². The molecule has 0 bridgehead atoms. The van der Waals surface area contributed by atoms with Gasteiger partial charge in [0, 0.05) is 0 Å².